The molecular formula is C18H21NO5. The Hall–Kier alpha value is -2.86. The molecule has 24 heavy (non-hydrogen) atoms. The van der Waals surface area contributed by atoms with E-state index in [-0.39, 0.29) is 0 Å². The molecule has 0 aromatic heterocycles. The average molecular weight is 331 g/mol. The number of aliphatic carboxylic acids is 2. The van der Waals surface area contributed by atoms with Crippen LogP contribution >= 0.6 is 0 Å². The van der Waals surface area contributed by atoms with Crippen LogP contribution in [-0.2, 0) is 22.7 Å². The lowest BCUT2D eigenvalue weighted by Gasteiger charge is -2.10. The van der Waals surface area contributed by atoms with Crippen molar-refractivity contribution in [3.8, 4) is 5.75 Å². The van der Waals surface area contributed by atoms with Crippen LogP contribution in [-0.4, -0.2) is 29.3 Å². The van der Waals surface area contributed by atoms with Gasteiger partial charge in [0.2, 0.25) is 0 Å². The van der Waals surface area contributed by atoms with Crippen molar-refractivity contribution in [3.05, 3.63) is 65.2 Å². The molecule has 0 bridgehead atoms. The lowest BCUT2D eigenvalue weighted by atomic mass is 10.1. The normalized spacial score (nSPS) is 9.58. The van der Waals surface area contributed by atoms with E-state index in [1.165, 1.54) is 16.7 Å². The van der Waals surface area contributed by atoms with Crippen LogP contribution in [0.3, 0.4) is 0 Å². The fourth-order valence-corrected chi connectivity index (χ4v) is 1.99. The van der Waals surface area contributed by atoms with Gasteiger partial charge in [0, 0.05) is 18.7 Å². The van der Waals surface area contributed by atoms with E-state index >= 15 is 0 Å². The minimum absolute atomic E-state index is 0.818. The van der Waals surface area contributed by atoms with E-state index in [2.05, 4.69) is 42.6 Å². The van der Waals surface area contributed by atoms with E-state index in [4.69, 9.17) is 24.5 Å². The number of ether oxygens (including phenoxy) is 1. The molecule has 0 aliphatic rings. The summed E-state index contributed by atoms with van der Waals surface area (Å²) in [6.45, 7) is 3.84. The third-order valence-electron chi connectivity index (χ3n) is 3.27. The van der Waals surface area contributed by atoms with Crippen LogP contribution in [0.25, 0.3) is 0 Å². The van der Waals surface area contributed by atoms with E-state index in [0.717, 1.165) is 18.8 Å². The highest BCUT2D eigenvalue weighted by atomic mass is 16.5. The van der Waals surface area contributed by atoms with Crippen molar-refractivity contribution in [3.63, 3.8) is 0 Å². The molecule has 0 atom stereocenters. The van der Waals surface area contributed by atoms with Gasteiger partial charge in [-0.3, -0.25) is 0 Å². The van der Waals surface area contributed by atoms with Crippen LogP contribution in [0.5, 0.6) is 5.75 Å². The molecule has 0 unspecified atom stereocenters. The van der Waals surface area contributed by atoms with Gasteiger partial charge >= 0.3 is 11.9 Å². The summed E-state index contributed by atoms with van der Waals surface area (Å²) in [6, 6.07) is 16.5. The summed E-state index contributed by atoms with van der Waals surface area (Å²) in [5, 5.41) is 18.2. The lowest BCUT2D eigenvalue weighted by molar-refractivity contribution is -0.159. The molecule has 0 fully saturated rings. The Kier molecular flexibility index (Phi) is 8.01. The zero-order valence-corrected chi connectivity index (χ0v) is 13.7. The Morgan fingerprint density at radius 1 is 0.917 bits per heavy atom. The number of para-hydroxylation sites is 1. The second-order valence-corrected chi connectivity index (χ2v) is 4.95. The van der Waals surface area contributed by atoms with E-state index in [1.807, 2.05) is 18.2 Å². The van der Waals surface area contributed by atoms with Gasteiger partial charge in [0.25, 0.3) is 0 Å². The summed E-state index contributed by atoms with van der Waals surface area (Å²) in [5.41, 5.74) is 3.85. The minimum Gasteiger partial charge on any atom is -0.496 e. The highest BCUT2D eigenvalue weighted by molar-refractivity contribution is 6.27. The summed E-state index contributed by atoms with van der Waals surface area (Å²) >= 11 is 0. The van der Waals surface area contributed by atoms with Gasteiger partial charge in [0.15, 0.2) is 0 Å². The predicted octanol–water partition coefficient (Wildman–Crippen LogP) is 2.45. The molecule has 128 valence electrons. The van der Waals surface area contributed by atoms with Gasteiger partial charge in [-0.1, -0.05) is 42.5 Å². The number of carboxylic acids is 2. The molecule has 2 aromatic rings. The predicted molar refractivity (Wildman–Crippen MR) is 90.0 cm³/mol. The van der Waals surface area contributed by atoms with Crippen molar-refractivity contribution in [2.45, 2.75) is 20.0 Å². The Bertz CT molecular complexity index is 673. The Morgan fingerprint density at radius 3 is 1.96 bits per heavy atom. The van der Waals surface area contributed by atoms with Gasteiger partial charge in [-0.15, -0.1) is 0 Å². The molecule has 0 saturated carbocycles. The van der Waals surface area contributed by atoms with Gasteiger partial charge in [0.05, 0.1) is 7.11 Å². The van der Waals surface area contributed by atoms with Crippen molar-refractivity contribution < 1.29 is 24.5 Å². The average Bonchev–Trinajstić information content (AvgIpc) is 2.57. The first-order chi connectivity index (χ1) is 11.5. The maximum atomic E-state index is 9.10. The number of hydrogen-bond acceptors (Lipinski definition) is 4. The molecule has 2 aromatic carbocycles. The van der Waals surface area contributed by atoms with Crippen molar-refractivity contribution in [1.82, 2.24) is 5.32 Å². The van der Waals surface area contributed by atoms with Crippen LogP contribution in [0.1, 0.15) is 16.7 Å². The minimum atomic E-state index is -1.82. The first-order valence-electron chi connectivity index (χ1n) is 7.29. The SMILES string of the molecule is COc1ccccc1CNCc1ccccc1C.O=C(O)C(=O)O. The second kappa shape index (κ2) is 10.0. The van der Waals surface area contributed by atoms with Crippen LogP contribution in [0.2, 0.25) is 0 Å². The molecule has 2 rings (SSSR count). The van der Waals surface area contributed by atoms with Crippen LogP contribution in [0.4, 0.5) is 0 Å². The summed E-state index contributed by atoms with van der Waals surface area (Å²) in [7, 11) is 1.71. The standard InChI is InChI=1S/C16H19NO.C2H2O4/c1-13-7-3-4-8-14(13)11-17-12-15-9-5-6-10-16(15)18-2;3-1(4)2(5)6/h3-10,17H,11-12H2,1-2H3;(H,3,4)(H,5,6). The third-order valence-corrected chi connectivity index (χ3v) is 3.27. The lowest BCUT2D eigenvalue weighted by Crippen LogP contribution is -2.14. The Morgan fingerprint density at radius 2 is 1.42 bits per heavy atom. The quantitative estimate of drug-likeness (QED) is 0.728. The van der Waals surface area contributed by atoms with E-state index < -0.39 is 11.9 Å². The molecule has 0 saturated heterocycles. The smallest absolute Gasteiger partial charge is 0.414 e. The highest BCUT2D eigenvalue weighted by Crippen LogP contribution is 2.17. The number of nitrogens with one attached hydrogen (secondary N) is 1. The van der Waals surface area contributed by atoms with E-state index in [9.17, 15) is 0 Å². The number of carbonyl (C=O) groups is 2. The van der Waals surface area contributed by atoms with Gasteiger partial charge < -0.3 is 20.3 Å². The van der Waals surface area contributed by atoms with Crippen molar-refractivity contribution in [2.75, 3.05) is 7.11 Å². The topological polar surface area (TPSA) is 95.9 Å². The molecular weight excluding hydrogens is 310 g/mol. The first-order valence-corrected chi connectivity index (χ1v) is 7.29. The third kappa shape index (κ3) is 6.50. The zero-order valence-electron chi connectivity index (χ0n) is 13.7. The maximum Gasteiger partial charge on any atom is 0.414 e. The van der Waals surface area contributed by atoms with Gasteiger partial charge in [-0.05, 0) is 24.1 Å². The monoisotopic (exact) mass is 331 g/mol. The number of hydrogen-bond donors (Lipinski definition) is 3. The number of methoxy groups -OCH3 is 1. The summed E-state index contributed by atoms with van der Waals surface area (Å²) in [5.74, 6) is -2.71. The van der Waals surface area contributed by atoms with Gasteiger partial charge in [0.1, 0.15) is 5.75 Å². The molecule has 0 aliphatic carbocycles. The molecule has 0 aliphatic heterocycles. The largest absolute Gasteiger partial charge is 0.496 e. The van der Waals surface area contributed by atoms with E-state index in [1.54, 1.807) is 7.11 Å². The summed E-state index contributed by atoms with van der Waals surface area (Å²) in [4.78, 5) is 18.2. The van der Waals surface area contributed by atoms with Gasteiger partial charge in [-0.25, -0.2) is 9.59 Å². The fourth-order valence-electron chi connectivity index (χ4n) is 1.99. The van der Waals surface area contributed by atoms with Crippen LogP contribution in [0, 0.1) is 6.92 Å². The summed E-state index contributed by atoms with van der Waals surface area (Å²) in [6.07, 6.45) is 0. The summed E-state index contributed by atoms with van der Waals surface area (Å²) < 4.78 is 5.33. The van der Waals surface area contributed by atoms with E-state index in [0.29, 0.717) is 0 Å². The number of rotatable bonds is 5. The van der Waals surface area contributed by atoms with Crippen LogP contribution < -0.4 is 10.1 Å². The number of carboxylic acid groups (broad SMARTS) is 2. The zero-order chi connectivity index (χ0) is 17.9. The second-order valence-electron chi connectivity index (χ2n) is 4.95. The number of benzene rings is 2. The molecule has 0 amide bonds. The molecule has 3 N–H and O–H groups in total. The molecule has 6 heteroatoms. The Balaban J connectivity index is 0.000000413. The molecule has 0 radical (unpaired) electrons. The molecule has 0 heterocycles. The fraction of sp³-hybridized carbons (Fsp3) is 0.222. The highest BCUT2D eigenvalue weighted by Gasteiger charge is 2.04. The molecule has 6 nitrogen and oxygen atoms in total. The number of aryl methyl sites for hydroxylation is 1. The molecule has 0 spiro atoms. The van der Waals surface area contributed by atoms with Crippen LogP contribution in [0.15, 0.2) is 48.5 Å². The van der Waals surface area contributed by atoms with Crippen molar-refractivity contribution >= 4 is 11.9 Å². The van der Waals surface area contributed by atoms with Gasteiger partial charge in [-0.2, -0.15) is 0 Å². The van der Waals surface area contributed by atoms with Crippen molar-refractivity contribution in [1.29, 1.82) is 0 Å². The first kappa shape index (κ1) is 19.2. The van der Waals surface area contributed by atoms with Crippen molar-refractivity contribution in [2.24, 2.45) is 0 Å². The maximum absolute atomic E-state index is 9.10. The Labute approximate surface area is 140 Å².